The molecule has 0 spiro atoms. The van der Waals surface area contributed by atoms with Gasteiger partial charge in [-0.05, 0) is 11.6 Å². The first-order valence-corrected chi connectivity index (χ1v) is 8.21. The fourth-order valence-electron chi connectivity index (χ4n) is 2.03. The van der Waals surface area contributed by atoms with Gasteiger partial charge in [-0.1, -0.05) is 0 Å². The van der Waals surface area contributed by atoms with Crippen LogP contribution in [0.2, 0.25) is 5.28 Å². The van der Waals surface area contributed by atoms with Gasteiger partial charge < -0.3 is 26.0 Å². The van der Waals surface area contributed by atoms with Gasteiger partial charge in [-0.2, -0.15) is 14.4 Å². The molecule has 2 heterocycles. The molecule has 0 saturated heterocycles. The zero-order valence-corrected chi connectivity index (χ0v) is 15.3. The second kappa shape index (κ2) is 8.05. The predicted octanol–water partition coefficient (Wildman–Crippen LogP) is 2.00. The molecule has 0 fully saturated rings. The summed E-state index contributed by atoms with van der Waals surface area (Å²) in [6.45, 7) is -0.0218. The van der Waals surface area contributed by atoms with Crippen LogP contribution in [0.3, 0.4) is 0 Å². The molecule has 0 bridgehead atoms. The summed E-state index contributed by atoms with van der Waals surface area (Å²) in [5.74, 6) is -3.15. The lowest BCUT2D eigenvalue weighted by Gasteiger charge is -2.26. The Hall–Kier alpha value is -3.46. The van der Waals surface area contributed by atoms with Crippen molar-refractivity contribution in [3.8, 4) is 0 Å². The standard InChI is InChI=1S/C12H11ClFN7O6S/c1-19(2-4-3-28-9(15)16-4)6-5(14)7(18-8(13)17-6)20(10(22)23)21(11(24)25)12(26)27/h3H,2H2,1H3,(H2,15,16)(H,22,23)(H,24,25)(H,26,27). The number of nitrogens with zero attached hydrogens (tertiary/aromatic N) is 6. The van der Waals surface area contributed by atoms with Gasteiger partial charge in [0.15, 0.2) is 10.9 Å². The monoisotopic (exact) mass is 435 g/mol. The summed E-state index contributed by atoms with van der Waals surface area (Å²) in [5, 5.41) is 27.3. The average Bonchev–Trinajstić information content (AvgIpc) is 2.98. The summed E-state index contributed by atoms with van der Waals surface area (Å²) >= 11 is 6.84. The van der Waals surface area contributed by atoms with E-state index in [4.69, 9.17) is 27.5 Å². The van der Waals surface area contributed by atoms with E-state index in [0.29, 0.717) is 5.69 Å². The summed E-state index contributed by atoms with van der Waals surface area (Å²) in [6.07, 6.45) is -6.56. The first kappa shape index (κ1) is 20.8. The summed E-state index contributed by atoms with van der Waals surface area (Å²) in [7, 11) is 1.36. The van der Waals surface area contributed by atoms with Crippen LogP contribution in [0.4, 0.5) is 35.5 Å². The number of rotatable bonds is 4. The molecule has 150 valence electrons. The van der Waals surface area contributed by atoms with Crippen molar-refractivity contribution in [1.29, 1.82) is 0 Å². The third kappa shape index (κ3) is 4.26. The molecule has 28 heavy (non-hydrogen) atoms. The topological polar surface area (TPSA) is 186 Å². The van der Waals surface area contributed by atoms with Gasteiger partial charge in [0.2, 0.25) is 16.9 Å². The van der Waals surface area contributed by atoms with Crippen LogP contribution in [0.5, 0.6) is 0 Å². The molecule has 0 aromatic carbocycles. The molecular weight excluding hydrogens is 425 g/mol. The number of carbonyl (C=O) groups is 3. The number of hydrazine groups is 1. The van der Waals surface area contributed by atoms with Crippen LogP contribution in [-0.2, 0) is 6.54 Å². The molecule has 3 amide bonds. The van der Waals surface area contributed by atoms with E-state index in [1.54, 1.807) is 5.38 Å². The third-order valence-electron chi connectivity index (χ3n) is 3.06. The summed E-state index contributed by atoms with van der Waals surface area (Å²) in [5.41, 5.74) is 5.95. The normalized spacial score (nSPS) is 10.4. The van der Waals surface area contributed by atoms with Crippen molar-refractivity contribution >= 4 is 58.0 Å². The number of hydrogen-bond donors (Lipinski definition) is 4. The molecule has 2 aromatic rings. The van der Waals surface area contributed by atoms with Crippen LogP contribution in [0.25, 0.3) is 0 Å². The van der Waals surface area contributed by atoms with E-state index < -0.39 is 51.0 Å². The second-order valence-corrected chi connectivity index (χ2v) is 6.19. The van der Waals surface area contributed by atoms with Gasteiger partial charge in [-0.3, -0.25) is 0 Å². The quantitative estimate of drug-likeness (QED) is 0.406. The van der Waals surface area contributed by atoms with E-state index >= 15 is 0 Å². The molecule has 0 aliphatic heterocycles. The van der Waals surface area contributed by atoms with Gasteiger partial charge >= 0.3 is 18.3 Å². The van der Waals surface area contributed by atoms with Gasteiger partial charge in [0.05, 0.1) is 12.2 Å². The van der Waals surface area contributed by atoms with Crippen LogP contribution >= 0.6 is 22.9 Å². The van der Waals surface area contributed by atoms with Crippen LogP contribution in [-0.4, -0.2) is 60.6 Å². The minimum Gasteiger partial charge on any atom is -0.463 e. The van der Waals surface area contributed by atoms with Crippen LogP contribution in [0.15, 0.2) is 5.38 Å². The lowest BCUT2D eigenvalue weighted by atomic mass is 10.4. The molecule has 0 atom stereocenters. The fourth-order valence-corrected chi connectivity index (χ4v) is 2.74. The van der Waals surface area contributed by atoms with E-state index in [0.717, 1.165) is 11.3 Å². The molecule has 16 heteroatoms. The Morgan fingerprint density at radius 3 is 2.18 bits per heavy atom. The summed E-state index contributed by atoms with van der Waals surface area (Å²) < 4.78 is 14.9. The number of halogens is 2. The number of imide groups is 1. The van der Waals surface area contributed by atoms with Gasteiger partial charge in [0.25, 0.3) is 0 Å². The maximum absolute atomic E-state index is 14.9. The molecule has 5 N–H and O–H groups in total. The van der Waals surface area contributed by atoms with Gasteiger partial charge in [0.1, 0.15) is 0 Å². The van der Waals surface area contributed by atoms with E-state index in [2.05, 4.69) is 15.0 Å². The lowest BCUT2D eigenvalue weighted by Crippen LogP contribution is -2.52. The lowest BCUT2D eigenvalue weighted by molar-refractivity contribution is 0.112. The fraction of sp³-hybridized carbons (Fsp3) is 0.167. The van der Waals surface area contributed by atoms with Crippen molar-refractivity contribution in [3.63, 3.8) is 0 Å². The summed E-state index contributed by atoms with van der Waals surface area (Å²) in [4.78, 5) is 45.8. The molecular formula is C12H11ClFN7O6S. The molecule has 0 saturated carbocycles. The van der Waals surface area contributed by atoms with E-state index in [9.17, 15) is 23.9 Å². The first-order chi connectivity index (χ1) is 13.0. The van der Waals surface area contributed by atoms with Gasteiger partial charge in [0, 0.05) is 12.4 Å². The predicted molar refractivity (Wildman–Crippen MR) is 94.0 cm³/mol. The highest BCUT2D eigenvalue weighted by molar-refractivity contribution is 7.13. The Morgan fingerprint density at radius 1 is 1.14 bits per heavy atom. The minimum atomic E-state index is -2.21. The van der Waals surface area contributed by atoms with Crippen molar-refractivity contribution in [2.45, 2.75) is 6.54 Å². The van der Waals surface area contributed by atoms with E-state index in [-0.39, 0.29) is 11.7 Å². The second-order valence-electron chi connectivity index (χ2n) is 4.96. The van der Waals surface area contributed by atoms with Crippen molar-refractivity contribution in [2.24, 2.45) is 0 Å². The smallest absolute Gasteiger partial charge is 0.437 e. The zero-order chi connectivity index (χ0) is 21.2. The molecule has 0 aliphatic carbocycles. The maximum Gasteiger partial charge on any atom is 0.437 e. The molecule has 0 aliphatic rings. The molecule has 0 radical (unpaired) electrons. The number of carboxylic acid groups (broad SMARTS) is 3. The van der Waals surface area contributed by atoms with E-state index in [1.165, 1.54) is 11.9 Å². The summed E-state index contributed by atoms with van der Waals surface area (Å²) in [6, 6.07) is 0. The Balaban J connectivity index is 2.53. The minimum absolute atomic E-state index is 0.0218. The molecule has 2 aromatic heterocycles. The highest BCUT2D eigenvalue weighted by atomic mass is 35.5. The highest BCUT2D eigenvalue weighted by Crippen LogP contribution is 2.29. The number of thiazole rings is 1. The number of hydrogen-bond acceptors (Lipinski definition) is 9. The van der Waals surface area contributed by atoms with Crippen molar-refractivity contribution in [3.05, 3.63) is 22.2 Å². The number of aromatic nitrogens is 3. The van der Waals surface area contributed by atoms with Crippen LogP contribution in [0.1, 0.15) is 5.69 Å². The van der Waals surface area contributed by atoms with E-state index in [1.807, 2.05) is 0 Å². The SMILES string of the molecule is CN(Cc1csc(N)n1)c1nc(Cl)nc(N(C(=O)O)N(C(=O)O)C(=O)O)c1F. The number of amides is 3. The Morgan fingerprint density at radius 2 is 1.71 bits per heavy atom. The molecule has 2 rings (SSSR count). The average molecular weight is 436 g/mol. The van der Waals surface area contributed by atoms with Crippen LogP contribution < -0.4 is 15.6 Å². The van der Waals surface area contributed by atoms with Crippen molar-refractivity contribution in [2.75, 3.05) is 22.7 Å². The number of anilines is 3. The Labute approximate surface area is 164 Å². The number of nitrogen functional groups attached to an aromatic ring is 1. The highest BCUT2D eigenvalue weighted by Gasteiger charge is 2.37. The van der Waals surface area contributed by atoms with Gasteiger partial charge in [-0.25, -0.2) is 19.4 Å². The Bertz CT molecular complexity index is 929. The maximum atomic E-state index is 14.9. The van der Waals surface area contributed by atoms with Crippen LogP contribution in [0, 0.1) is 5.82 Å². The van der Waals surface area contributed by atoms with Gasteiger partial charge in [-0.15, -0.1) is 21.4 Å². The largest absolute Gasteiger partial charge is 0.463 e. The zero-order valence-electron chi connectivity index (χ0n) is 13.8. The number of nitrogens with two attached hydrogens (primary N) is 1. The molecule has 13 nitrogen and oxygen atoms in total. The molecule has 0 unspecified atom stereocenters. The van der Waals surface area contributed by atoms with Crippen molar-refractivity contribution in [1.82, 2.24) is 20.0 Å². The van der Waals surface area contributed by atoms with Crippen molar-refractivity contribution < 1.29 is 34.1 Å². The first-order valence-electron chi connectivity index (χ1n) is 6.96. The third-order valence-corrected chi connectivity index (χ3v) is 3.96. The Kier molecular flexibility index (Phi) is 5.99.